The molecule has 0 aliphatic carbocycles. The lowest BCUT2D eigenvalue weighted by Gasteiger charge is -2.35. The van der Waals surface area contributed by atoms with Gasteiger partial charge in [0.25, 0.3) is 0 Å². The Morgan fingerprint density at radius 3 is 2.75 bits per heavy atom. The first-order valence-corrected chi connectivity index (χ1v) is 4.66. The van der Waals surface area contributed by atoms with Crippen LogP contribution < -0.4 is 0 Å². The molecule has 0 N–H and O–H groups in total. The SMILES string of the molecule is C=C(C(C)C)N1CCO[C@H](C)C1. The summed E-state index contributed by atoms with van der Waals surface area (Å²) in [4.78, 5) is 2.33. The predicted octanol–water partition coefficient (Wildman–Crippen LogP) is 1.88. The van der Waals surface area contributed by atoms with E-state index in [-0.39, 0.29) is 0 Å². The van der Waals surface area contributed by atoms with Crippen molar-refractivity contribution in [3.05, 3.63) is 12.3 Å². The van der Waals surface area contributed by atoms with Crippen molar-refractivity contribution >= 4 is 0 Å². The third-order valence-corrected chi connectivity index (χ3v) is 2.31. The molecule has 0 radical (unpaired) electrons. The number of hydrogen-bond donors (Lipinski definition) is 0. The summed E-state index contributed by atoms with van der Waals surface area (Å²) in [6, 6.07) is 0. The maximum absolute atomic E-state index is 5.46. The van der Waals surface area contributed by atoms with Crippen molar-refractivity contribution in [1.82, 2.24) is 4.90 Å². The van der Waals surface area contributed by atoms with Crippen LogP contribution >= 0.6 is 0 Å². The lowest BCUT2D eigenvalue weighted by molar-refractivity contribution is -0.00846. The third kappa shape index (κ3) is 2.24. The van der Waals surface area contributed by atoms with Crippen LogP contribution in [-0.4, -0.2) is 30.7 Å². The van der Waals surface area contributed by atoms with Crippen LogP contribution in [0.15, 0.2) is 12.3 Å². The maximum Gasteiger partial charge on any atom is 0.0722 e. The van der Waals surface area contributed by atoms with Gasteiger partial charge in [-0.15, -0.1) is 0 Å². The van der Waals surface area contributed by atoms with E-state index in [0.29, 0.717) is 12.0 Å². The van der Waals surface area contributed by atoms with Crippen LogP contribution in [0.2, 0.25) is 0 Å². The number of morpholine rings is 1. The molecule has 2 heteroatoms. The molecule has 0 unspecified atom stereocenters. The minimum Gasteiger partial charge on any atom is -0.375 e. The van der Waals surface area contributed by atoms with Gasteiger partial charge in [-0.25, -0.2) is 0 Å². The zero-order valence-corrected chi connectivity index (χ0v) is 8.34. The minimum absolute atomic E-state index is 0.356. The Balaban J connectivity index is 2.46. The molecule has 12 heavy (non-hydrogen) atoms. The highest BCUT2D eigenvalue weighted by molar-refractivity contribution is 4.98. The topological polar surface area (TPSA) is 12.5 Å². The fourth-order valence-corrected chi connectivity index (χ4v) is 1.44. The van der Waals surface area contributed by atoms with Crippen LogP contribution in [0.3, 0.4) is 0 Å². The standard InChI is InChI=1S/C10H19NO/c1-8(2)10(4)11-5-6-12-9(3)7-11/h8-9H,4-7H2,1-3H3/t9-/m1/s1. The molecule has 1 saturated heterocycles. The number of ether oxygens (including phenoxy) is 1. The summed E-state index contributed by atoms with van der Waals surface area (Å²) in [5.74, 6) is 0.551. The van der Waals surface area contributed by atoms with Crippen molar-refractivity contribution in [3.63, 3.8) is 0 Å². The molecule has 0 aromatic heterocycles. The third-order valence-electron chi connectivity index (χ3n) is 2.31. The van der Waals surface area contributed by atoms with E-state index in [2.05, 4.69) is 32.3 Å². The molecule has 1 atom stereocenters. The molecular formula is C10H19NO. The van der Waals surface area contributed by atoms with Crippen LogP contribution in [0.1, 0.15) is 20.8 Å². The Labute approximate surface area is 75.2 Å². The van der Waals surface area contributed by atoms with E-state index >= 15 is 0 Å². The van der Waals surface area contributed by atoms with Crippen LogP contribution in [0.4, 0.5) is 0 Å². The molecule has 70 valence electrons. The fraction of sp³-hybridized carbons (Fsp3) is 0.800. The summed E-state index contributed by atoms with van der Waals surface area (Å²) in [5.41, 5.74) is 1.24. The van der Waals surface area contributed by atoms with E-state index < -0.39 is 0 Å². The smallest absolute Gasteiger partial charge is 0.0722 e. The zero-order valence-electron chi connectivity index (χ0n) is 8.34. The zero-order chi connectivity index (χ0) is 9.14. The first kappa shape index (κ1) is 9.59. The molecule has 1 aliphatic heterocycles. The molecule has 0 aromatic rings. The van der Waals surface area contributed by atoms with E-state index in [0.717, 1.165) is 19.7 Å². The molecule has 0 amide bonds. The average molecular weight is 169 g/mol. The van der Waals surface area contributed by atoms with Gasteiger partial charge < -0.3 is 9.64 Å². The quantitative estimate of drug-likeness (QED) is 0.626. The molecule has 1 aliphatic rings. The number of nitrogens with zero attached hydrogens (tertiary/aromatic N) is 1. The Hall–Kier alpha value is -0.500. The number of rotatable bonds is 2. The van der Waals surface area contributed by atoms with Gasteiger partial charge in [-0.2, -0.15) is 0 Å². The summed E-state index contributed by atoms with van der Waals surface area (Å²) in [6.45, 7) is 13.4. The monoisotopic (exact) mass is 169 g/mol. The van der Waals surface area contributed by atoms with Crippen molar-refractivity contribution < 1.29 is 4.74 Å². The Kier molecular flexibility index (Phi) is 3.15. The van der Waals surface area contributed by atoms with Gasteiger partial charge in [-0.3, -0.25) is 0 Å². The lowest BCUT2D eigenvalue weighted by atomic mass is 10.1. The molecule has 1 rings (SSSR count). The van der Waals surface area contributed by atoms with Crippen molar-refractivity contribution in [2.45, 2.75) is 26.9 Å². The Morgan fingerprint density at radius 2 is 2.25 bits per heavy atom. The second-order valence-corrected chi connectivity index (χ2v) is 3.77. The van der Waals surface area contributed by atoms with Gasteiger partial charge in [0.1, 0.15) is 0 Å². The van der Waals surface area contributed by atoms with E-state index in [9.17, 15) is 0 Å². The van der Waals surface area contributed by atoms with Crippen molar-refractivity contribution in [2.24, 2.45) is 5.92 Å². The van der Waals surface area contributed by atoms with Crippen LogP contribution in [-0.2, 0) is 4.74 Å². The molecule has 2 nitrogen and oxygen atoms in total. The van der Waals surface area contributed by atoms with Crippen LogP contribution in [0.5, 0.6) is 0 Å². The van der Waals surface area contributed by atoms with Gasteiger partial charge in [0.2, 0.25) is 0 Å². The van der Waals surface area contributed by atoms with Gasteiger partial charge in [0.15, 0.2) is 0 Å². The van der Waals surface area contributed by atoms with Gasteiger partial charge >= 0.3 is 0 Å². The van der Waals surface area contributed by atoms with Crippen molar-refractivity contribution in [2.75, 3.05) is 19.7 Å². The van der Waals surface area contributed by atoms with Crippen LogP contribution in [0, 0.1) is 5.92 Å². The van der Waals surface area contributed by atoms with Gasteiger partial charge in [-0.05, 0) is 12.8 Å². The first-order valence-electron chi connectivity index (χ1n) is 4.66. The minimum atomic E-state index is 0.356. The molecule has 0 saturated carbocycles. The summed E-state index contributed by atoms with van der Waals surface area (Å²) in [7, 11) is 0. The second kappa shape index (κ2) is 3.94. The van der Waals surface area contributed by atoms with Gasteiger partial charge in [0, 0.05) is 18.8 Å². The fourth-order valence-electron chi connectivity index (χ4n) is 1.44. The highest BCUT2D eigenvalue weighted by atomic mass is 16.5. The van der Waals surface area contributed by atoms with Crippen LogP contribution in [0.25, 0.3) is 0 Å². The first-order chi connectivity index (χ1) is 5.61. The highest BCUT2D eigenvalue weighted by Gasteiger charge is 2.18. The largest absolute Gasteiger partial charge is 0.375 e. The van der Waals surface area contributed by atoms with E-state index in [1.807, 2.05) is 0 Å². The number of allylic oxidation sites excluding steroid dienone is 1. The van der Waals surface area contributed by atoms with Gasteiger partial charge in [0.05, 0.1) is 12.7 Å². The summed E-state index contributed by atoms with van der Waals surface area (Å²) in [5, 5.41) is 0. The highest BCUT2D eigenvalue weighted by Crippen LogP contribution is 2.16. The molecular weight excluding hydrogens is 150 g/mol. The average Bonchev–Trinajstić information content (AvgIpc) is 2.03. The summed E-state index contributed by atoms with van der Waals surface area (Å²) < 4.78 is 5.46. The van der Waals surface area contributed by atoms with E-state index in [1.165, 1.54) is 5.70 Å². The molecule has 1 heterocycles. The maximum atomic E-state index is 5.46. The molecule has 0 spiro atoms. The van der Waals surface area contributed by atoms with E-state index in [4.69, 9.17) is 4.74 Å². The molecule has 0 bridgehead atoms. The lowest BCUT2D eigenvalue weighted by Crippen LogP contribution is -2.41. The second-order valence-electron chi connectivity index (χ2n) is 3.77. The predicted molar refractivity (Wildman–Crippen MR) is 51.0 cm³/mol. The summed E-state index contributed by atoms with van der Waals surface area (Å²) in [6.07, 6.45) is 0.356. The molecule has 1 fully saturated rings. The van der Waals surface area contributed by atoms with Crippen molar-refractivity contribution in [3.8, 4) is 0 Å². The number of hydrogen-bond acceptors (Lipinski definition) is 2. The van der Waals surface area contributed by atoms with E-state index in [1.54, 1.807) is 0 Å². The summed E-state index contributed by atoms with van der Waals surface area (Å²) >= 11 is 0. The van der Waals surface area contributed by atoms with Crippen molar-refractivity contribution in [1.29, 1.82) is 0 Å². The molecule has 0 aromatic carbocycles. The Morgan fingerprint density at radius 1 is 1.58 bits per heavy atom. The van der Waals surface area contributed by atoms with Gasteiger partial charge in [-0.1, -0.05) is 20.4 Å². The Bertz CT molecular complexity index is 165. The normalized spacial score (nSPS) is 24.7.